The molecule has 0 aliphatic carbocycles. The zero-order chi connectivity index (χ0) is 15.1. The molecule has 0 aliphatic rings. The minimum Gasteiger partial charge on any atom is -0.399 e. The average Bonchev–Trinajstić information content (AvgIpc) is 2.40. The minimum atomic E-state index is -0.0752. The van der Waals surface area contributed by atoms with Crippen LogP contribution >= 0.6 is 12.4 Å². The van der Waals surface area contributed by atoms with E-state index in [4.69, 9.17) is 10.5 Å². The molecular weight excluding hydrogens is 288 g/mol. The Kier molecular flexibility index (Phi) is 9.06. The summed E-state index contributed by atoms with van der Waals surface area (Å²) in [5, 5.41) is 2.94. The van der Waals surface area contributed by atoms with Crippen LogP contribution in [0.15, 0.2) is 18.2 Å². The Bertz CT molecular complexity index is 450. The first-order valence-electron chi connectivity index (χ1n) is 7.21. The Labute approximate surface area is 133 Å². The van der Waals surface area contributed by atoms with Gasteiger partial charge in [-0.1, -0.05) is 19.9 Å². The zero-order valence-electron chi connectivity index (χ0n) is 13.3. The van der Waals surface area contributed by atoms with E-state index in [0.717, 1.165) is 12.0 Å². The molecule has 4 nitrogen and oxygen atoms in total. The van der Waals surface area contributed by atoms with Gasteiger partial charge in [-0.3, -0.25) is 4.79 Å². The second-order valence-electron chi connectivity index (χ2n) is 5.36. The summed E-state index contributed by atoms with van der Waals surface area (Å²) >= 11 is 0. The van der Waals surface area contributed by atoms with E-state index in [1.807, 2.05) is 19.9 Å². The summed E-state index contributed by atoms with van der Waals surface area (Å²) in [6.07, 6.45) is 1.00. The van der Waals surface area contributed by atoms with Crippen LogP contribution in [0.4, 0.5) is 5.69 Å². The topological polar surface area (TPSA) is 64.3 Å². The summed E-state index contributed by atoms with van der Waals surface area (Å²) in [5.41, 5.74) is 7.90. The highest BCUT2D eigenvalue weighted by molar-refractivity contribution is 5.96. The van der Waals surface area contributed by atoms with Crippen molar-refractivity contribution in [2.75, 3.05) is 18.9 Å². The Hall–Kier alpha value is -1.26. The van der Waals surface area contributed by atoms with Crippen LogP contribution in [-0.4, -0.2) is 25.2 Å². The highest BCUT2D eigenvalue weighted by Crippen LogP contribution is 2.13. The first kappa shape index (κ1) is 19.7. The molecule has 120 valence electrons. The smallest absolute Gasteiger partial charge is 0.251 e. The second kappa shape index (κ2) is 9.64. The largest absolute Gasteiger partial charge is 0.399 e. The van der Waals surface area contributed by atoms with Gasteiger partial charge in [0.1, 0.15) is 0 Å². The van der Waals surface area contributed by atoms with E-state index in [9.17, 15) is 4.79 Å². The molecule has 0 heterocycles. The van der Waals surface area contributed by atoms with Crippen LogP contribution in [0.3, 0.4) is 0 Å². The van der Waals surface area contributed by atoms with Crippen molar-refractivity contribution >= 4 is 24.0 Å². The lowest BCUT2D eigenvalue weighted by molar-refractivity contribution is 0.0251. The van der Waals surface area contributed by atoms with Crippen molar-refractivity contribution in [3.05, 3.63) is 29.3 Å². The number of ether oxygens (including phenoxy) is 1. The number of halogens is 1. The molecule has 0 saturated carbocycles. The number of benzene rings is 1. The predicted molar refractivity (Wildman–Crippen MR) is 90.0 cm³/mol. The molecule has 0 spiro atoms. The number of rotatable bonds is 7. The summed E-state index contributed by atoms with van der Waals surface area (Å²) in [7, 11) is 0. The van der Waals surface area contributed by atoms with Crippen molar-refractivity contribution in [3.8, 4) is 0 Å². The summed E-state index contributed by atoms with van der Waals surface area (Å²) in [6.45, 7) is 9.46. The van der Waals surface area contributed by atoms with Gasteiger partial charge in [0.2, 0.25) is 0 Å². The standard InChI is InChI=1S/C16H26N2O2.ClH/c1-5-20-15(11(2)3)8-9-18-16(19)14-10-13(17)7-6-12(14)4;/h6-7,10-11,15H,5,8-9,17H2,1-4H3,(H,18,19);1H. The molecule has 21 heavy (non-hydrogen) atoms. The number of aryl methyl sites for hydroxylation is 1. The van der Waals surface area contributed by atoms with E-state index in [-0.39, 0.29) is 24.4 Å². The van der Waals surface area contributed by atoms with Gasteiger partial charge in [0.25, 0.3) is 5.91 Å². The molecule has 3 N–H and O–H groups in total. The number of hydrogen-bond acceptors (Lipinski definition) is 3. The third kappa shape index (κ3) is 6.36. The minimum absolute atomic E-state index is 0. The molecule has 0 aromatic heterocycles. The molecule has 0 fully saturated rings. The summed E-state index contributed by atoms with van der Waals surface area (Å²) in [4.78, 5) is 12.1. The Balaban J connectivity index is 0.00000400. The van der Waals surface area contributed by atoms with Gasteiger partial charge >= 0.3 is 0 Å². The van der Waals surface area contributed by atoms with Gasteiger partial charge in [-0.15, -0.1) is 12.4 Å². The Morgan fingerprint density at radius 1 is 1.38 bits per heavy atom. The fourth-order valence-corrected chi connectivity index (χ4v) is 2.13. The van der Waals surface area contributed by atoms with Crippen molar-refractivity contribution in [2.24, 2.45) is 5.92 Å². The molecule has 0 saturated heterocycles. The Morgan fingerprint density at radius 2 is 2.05 bits per heavy atom. The fourth-order valence-electron chi connectivity index (χ4n) is 2.13. The summed E-state index contributed by atoms with van der Waals surface area (Å²) < 4.78 is 5.66. The normalized spacial score (nSPS) is 11.9. The van der Waals surface area contributed by atoms with E-state index in [0.29, 0.717) is 30.3 Å². The molecule has 1 atom stereocenters. The van der Waals surface area contributed by atoms with Crippen LogP contribution < -0.4 is 11.1 Å². The van der Waals surface area contributed by atoms with Crippen molar-refractivity contribution in [3.63, 3.8) is 0 Å². The number of nitrogens with two attached hydrogens (primary N) is 1. The maximum atomic E-state index is 12.1. The SMILES string of the molecule is CCOC(CCNC(=O)c1cc(N)ccc1C)C(C)C.Cl. The van der Waals surface area contributed by atoms with E-state index in [1.165, 1.54) is 0 Å². The van der Waals surface area contributed by atoms with Crippen LogP contribution in [0.2, 0.25) is 0 Å². The highest BCUT2D eigenvalue weighted by Gasteiger charge is 2.14. The molecule has 1 aromatic carbocycles. The van der Waals surface area contributed by atoms with Gasteiger partial charge in [0.15, 0.2) is 0 Å². The number of carbonyl (C=O) groups excluding carboxylic acids is 1. The molecule has 5 heteroatoms. The molecule has 1 amide bonds. The maximum Gasteiger partial charge on any atom is 0.251 e. The molecule has 0 aliphatic heterocycles. The second-order valence-corrected chi connectivity index (χ2v) is 5.36. The molecule has 1 unspecified atom stereocenters. The Morgan fingerprint density at radius 3 is 2.62 bits per heavy atom. The monoisotopic (exact) mass is 314 g/mol. The number of nitrogen functional groups attached to an aromatic ring is 1. The number of hydrogen-bond donors (Lipinski definition) is 2. The quantitative estimate of drug-likeness (QED) is 0.760. The predicted octanol–water partition coefficient (Wildman–Crippen LogP) is 3.18. The van der Waals surface area contributed by atoms with E-state index in [1.54, 1.807) is 12.1 Å². The summed E-state index contributed by atoms with van der Waals surface area (Å²) in [6, 6.07) is 5.38. The number of amides is 1. The van der Waals surface area contributed by atoms with Crippen molar-refractivity contribution in [2.45, 2.75) is 40.2 Å². The van der Waals surface area contributed by atoms with Crippen LogP contribution in [0, 0.1) is 12.8 Å². The average molecular weight is 315 g/mol. The van der Waals surface area contributed by atoms with Crippen LogP contribution in [0.1, 0.15) is 43.1 Å². The number of carbonyl (C=O) groups is 1. The van der Waals surface area contributed by atoms with Gasteiger partial charge < -0.3 is 15.8 Å². The molecule has 0 bridgehead atoms. The van der Waals surface area contributed by atoms with Crippen molar-refractivity contribution in [1.29, 1.82) is 0 Å². The van der Waals surface area contributed by atoms with E-state index >= 15 is 0 Å². The van der Waals surface area contributed by atoms with Gasteiger partial charge in [-0.25, -0.2) is 0 Å². The van der Waals surface area contributed by atoms with Crippen molar-refractivity contribution in [1.82, 2.24) is 5.32 Å². The molecule has 1 aromatic rings. The molecule has 0 radical (unpaired) electrons. The number of nitrogens with one attached hydrogen (secondary N) is 1. The zero-order valence-corrected chi connectivity index (χ0v) is 14.1. The lowest BCUT2D eigenvalue weighted by atomic mass is 10.0. The molecular formula is C16H27ClN2O2. The van der Waals surface area contributed by atoms with Gasteiger partial charge in [0, 0.05) is 24.4 Å². The summed E-state index contributed by atoms with van der Waals surface area (Å²) in [5.74, 6) is 0.370. The maximum absolute atomic E-state index is 12.1. The van der Waals surface area contributed by atoms with Gasteiger partial charge in [-0.2, -0.15) is 0 Å². The third-order valence-electron chi connectivity index (χ3n) is 3.34. The van der Waals surface area contributed by atoms with Crippen molar-refractivity contribution < 1.29 is 9.53 Å². The lowest BCUT2D eigenvalue weighted by Crippen LogP contribution is -2.30. The van der Waals surface area contributed by atoms with Crippen LogP contribution in [0.5, 0.6) is 0 Å². The van der Waals surface area contributed by atoms with E-state index < -0.39 is 0 Å². The lowest BCUT2D eigenvalue weighted by Gasteiger charge is -2.21. The fraction of sp³-hybridized carbons (Fsp3) is 0.562. The highest BCUT2D eigenvalue weighted by atomic mass is 35.5. The van der Waals surface area contributed by atoms with Crippen LogP contribution in [0.25, 0.3) is 0 Å². The first-order chi connectivity index (χ1) is 9.45. The van der Waals surface area contributed by atoms with Crippen LogP contribution in [-0.2, 0) is 4.74 Å². The first-order valence-corrected chi connectivity index (χ1v) is 7.21. The van der Waals surface area contributed by atoms with Gasteiger partial charge in [0.05, 0.1) is 6.10 Å². The number of anilines is 1. The third-order valence-corrected chi connectivity index (χ3v) is 3.34. The van der Waals surface area contributed by atoms with E-state index in [2.05, 4.69) is 19.2 Å². The van der Waals surface area contributed by atoms with Gasteiger partial charge in [-0.05, 0) is 43.9 Å². The molecule has 1 rings (SSSR count).